The largest absolute Gasteiger partial charge is 0.468 e. The molecule has 0 bridgehead atoms. The van der Waals surface area contributed by atoms with Crippen LogP contribution in [0.15, 0.2) is 32.3 Å². The minimum atomic E-state index is 0. The molecule has 9 heteroatoms. The van der Waals surface area contributed by atoms with Crippen molar-refractivity contribution in [2.75, 3.05) is 33.2 Å². The molecule has 3 heterocycles. The fraction of sp³-hybridized carbons (Fsp3) is 0.611. The highest BCUT2D eigenvalue weighted by Crippen LogP contribution is 2.24. The lowest BCUT2D eigenvalue weighted by Crippen LogP contribution is -2.44. The van der Waals surface area contributed by atoms with Gasteiger partial charge in [0.15, 0.2) is 11.8 Å². The summed E-state index contributed by atoms with van der Waals surface area (Å²) >= 11 is 0. The Morgan fingerprint density at radius 3 is 2.74 bits per heavy atom. The SMILES string of the molecule is CN=C(NCCc1nc(C)no1)NCC(c1ccco1)N1CCCCC1.I. The van der Waals surface area contributed by atoms with E-state index in [0.717, 1.165) is 31.4 Å². The molecule has 1 saturated heterocycles. The van der Waals surface area contributed by atoms with E-state index in [2.05, 4.69) is 36.7 Å². The molecule has 2 N–H and O–H groups in total. The van der Waals surface area contributed by atoms with Crippen LogP contribution in [0.1, 0.15) is 42.8 Å². The van der Waals surface area contributed by atoms with E-state index in [1.165, 1.54) is 19.3 Å². The van der Waals surface area contributed by atoms with Gasteiger partial charge in [-0.05, 0) is 45.0 Å². The minimum absolute atomic E-state index is 0. The summed E-state index contributed by atoms with van der Waals surface area (Å²) in [4.78, 5) is 11.0. The van der Waals surface area contributed by atoms with Gasteiger partial charge < -0.3 is 19.6 Å². The zero-order valence-corrected chi connectivity index (χ0v) is 18.3. The van der Waals surface area contributed by atoms with Gasteiger partial charge in [-0.2, -0.15) is 4.98 Å². The first-order valence-corrected chi connectivity index (χ1v) is 9.27. The van der Waals surface area contributed by atoms with Crippen LogP contribution in [-0.2, 0) is 6.42 Å². The zero-order valence-electron chi connectivity index (χ0n) is 16.0. The van der Waals surface area contributed by atoms with Crippen LogP contribution in [0.3, 0.4) is 0 Å². The Labute approximate surface area is 177 Å². The van der Waals surface area contributed by atoms with Crippen molar-refractivity contribution in [1.82, 2.24) is 25.7 Å². The summed E-state index contributed by atoms with van der Waals surface area (Å²) < 4.78 is 10.8. The van der Waals surface area contributed by atoms with Gasteiger partial charge in [-0.3, -0.25) is 9.89 Å². The number of halogens is 1. The fourth-order valence-corrected chi connectivity index (χ4v) is 3.26. The first-order chi connectivity index (χ1) is 12.8. The summed E-state index contributed by atoms with van der Waals surface area (Å²) in [6.07, 6.45) is 6.20. The van der Waals surface area contributed by atoms with Crippen LogP contribution in [0, 0.1) is 6.92 Å². The van der Waals surface area contributed by atoms with Gasteiger partial charge in [0.25, 0.3) is 0 Å². The predicted molar refractivity (Wildman–Crippen MR) is 114 cm³/mol. The molecule has 1 atom stereocenters. The Morgan fingerprint density at radius 2 is 2.11 bits per heavy atom. The minimum Gasteiger partial charge on any atom is -0.468 e. The number of hydrogen-bond acceptors (Lipinski definition) is 6. The van der Waals surface area contributed by atoms with E-state index in [-0.39, 0.29) is 30.0 Å². The molecular formula is C18H29IN6O2. The lowest BCUT2D eigenvalue weighted by molar-refractivity contribution is 0.146. The van der Waals surface area contributed by atoms with Crippen molar-refractivity contribution in [2.45, 2.75) is 38.6 Å². The summed E-state index contributed by atoms with van der Waals surface area (Å²) in [6, 6.07) is 4.21. The molecule has 1 fully saturated rings. The molecular weight excluding hydrogens is 459 g/mol. The van der Waals surface area contributed by atoms with Crippen molar-refractivity contribution >= 4 is 29.9 Å². The van der Waals surface area contributed by atoms with Crippen LogP contribution >= 0.6 is 24.0 Å². The molecule has 2 aromatic rings. The standard InChI is InChI=1S/C18H28N6O2.HI/c1-14-22-17(26-23-14)8-9-20-18(19-2)21-13-15(16-7-6-12-25-16)24-10-4-3-5-11-24;/h6-7,12,15H,3-5,8-11,13H2,1-2H3,(H2,19,20,21);1H. The topological polar surface area (TPSA) is 91.7 Å². The van der Waals surface area contributed by atoms with Gasteiger partial charge in [-0.15, -0.1) is 24.0 Å². The van der Waals surface area contributed by atoms with Crippen LogP contribution in [0.2, 0.25) is 0 Å². The third-order valence-electron chi connectivity index (χ3n) is 4.59. The molecule has 0 amide bonds. The second-order valence-electron chi connectivity index (χ2n) is 6.49. The number of aliphatic imine (C=N–C) groups is 1. The van der Waals surface area contributed by atoms with Crippen molar-refractivity contribution in [3.8, 4) is 0 Å². The molecule has 1 aliphatic rings. The summed E-state index contributed by atoms with van der Waals surface area (Å²) in [5, 5.41) is 10.5. The van der Waals surface area contributed by atoms with Gasteiger partial charge in [0.2, 0.25) is 5.89 Å². The molecule has 0 aromatic carbocycles. The number of guanidine groups is 1. The third kappa shape index (κ3) is 6.49. The summed E-state index contributed by atoms with van der Waals surface area (Å²) in [7, 11) is 1.77. The van der Waals surface area contributed by atoms with Crippen molar-refractivity contribution in [3.05, 3.63) is 35.9 Å². The average molecular weight is 488 g/mol. The summed E-state index contributed by atoms with van der Waals surface area (Å²) in [5.41, 5.74) is 0. The van der Waals surface area contributed by atoms with Crippen LogP contribution < -0.4 is 10.6 Å². The molecule has 2 aromatic heterocycles. The average Bonchev–Trinajstić information content (AvgIpc) is 3.33. The van der Waals surface area contributed by atoms with Gasteiger partial charge >= 0.3 is 0 Å². The molecule has 0 aliphatic carbocycles. The van der Waals surface area contributed by atoms with Gasteiger partial charge in [-0.25, -0.2) is 0 Å². The van der Waals surface area contributed by atoms with Crippen molar-refractivity contribution in [3.63, 3.8) is 0 Å². The van der Waals surface area contributed by atoms with Crippen molar-refractivity contribution in [1.29, 1.82) is 0 Å². The van der Waals surface area contributed by atoms with E-state index in [1.807, 2.05) is 13.0 Å². The molecule has 1 unspecified atom stereocenters. The van der Waals surface area contributed by atoms with E-state index in [0.29, 0.717) is 24.7 Å². The number of piperidine rings is 1. The third-order valence-corrected chi connectivity index (χ3v) is 4.59. The number of hydrogen-bond donors (Lipinski definition) is 2. The van der Waals surface area contributed by atoms with E-state index in [9.17, 15) is 0 Å². The monoisotopic (exact) mass is 488 g/mol. The highest BCUT2D eigenvalue weighted by Gasteiger charge is 2.24. The maximum Gasteiger partial charge on any atom is 0.228 e. The van der Waals surface area contributed by atoms with E-state index in [1.54, 1.807) is 13.3 Å². The number of nitrogens with zero attached hydrogens (tertiary/aromatic N) is 4. The molecule has 0 saturated carbocycles. The molecule has 3 rings (SSSR count). The van der Waals surface area contributed by atoms with E-state index in [4.69, 9.17) is 8.94 Å². The number of aryl methyl sites for hydroxylation is 1. The molecule has 1 aliphatic heterocycles. The predicted octanol–water partition coefficient (Wildman–Crippen LogP) is 2.52. The number of aromatic nitrogens is 2. The first kappa shape index (κ1) is 21.7. The Hall–Kier alpha value is -1.62. The highest BCUT2D eigenvalue weighted by molar-refractivity contribution is 14.0. The lowest BCUT2D eigenvalue weighted by atomic mass is 10.1. The van der Waals surface area contributed by atoms with Crippen molar-refractivity contribution in [2.24, 2.45) is 4.99 Å². The number of rotatable bonds is 7. The Bertz CT molecular complexity index is 682. The number of likely N-dealkylation sites (tertiary alicyclic amines) is 1. The Kier molecular flexibility index (Phi) is 9.05. The van der Waals surface area contributed by atoms with E-state index < -0.39 is 0 Å². The van der Waals surface area contributed by atoms with Crippen molar-refractivity contribution < 1.29 is 8.94 Å². The molecule has 0 radical (unpaired) electrons. The second kappa shape index (κ2) is 11.3. The maximum absolute atomic E-state index is 5.69. The smallest absolute Gasteiger partial charge is 0.228 e. The molecule has 27 heavy (non-hydrogen) atoms. The zero-order chi connectivity index (χ0) is 18.2. The fourth-order valence-electron chi connectivity index (χ4n) is 3.26. The normalized spacial score (nSPS) is 16.6. The van der Waals surface area contributed by atoms with Crippen LogP contribution in [0.5, 0.6) is 0 Å². The van der Waals surface area contributed by atoms with Crippen LogP contribution in [0.4, 0.5) is 0 Å². The van der Waals surface area contributed by atoms with Gasteiger partial charge in [0, 0.05) is 26.6 Å². The van der Waals surface area contributed by atoms with Crippen LogP contribution in [0.25, 0.3) is 0 Å². The second-order valence-corrected chi connectivity index (χ2v) is 6.49. The maximum atomic E-state index is 5.69. The Morgan fingerprint density at radius 1 is 1.30 bits per heavy atom. The van der Waals surface area contributed by atoms with E-state index >= 15 is 0 Å². The highest BCUT2D eigenvalue weighted by atomic mass is 127. The molecule has 150 valence electrons. The van der Waals surface area contributed by atoms with Gasteiger partial charge in [0.05, 0.1) is 12.3 Å². The van der Waals surface area contributed by atoms with Crippen LogP contribution in [-0.4, -0.2) is 54.2 Å². The Balaban J connectivity index is 0.00000261. The quantitative estimate of drug-likeness (QED) is 0.352. The van der Waals surface area contributed by atoms with Gasteiger partial charge in [-0.1, -0.05) is 11.6 Å². The number of nitrogens with one attached hydrogen (secondary N) is 2. The van der Waals surface area contributed by atoms with Gasteiger partial charge in [0.1, 0.15) is 5.76 Å². The number of furan rings is 1. The first-order valence-electron chi connectivity index (χ1n) is 9.27. The summed E-state index contributed by atoms with van der Waals surface area (Å²) in [5.74, 6) is 3.04. The lowest BCUT2D eigenvalue weighted by Gasteiger charge is -2.33. The molecule has 8 nitrogen and oxygen atoms in total. The molecule has 0 spiro atoms. The summed E-state index contributed by atoms with van der Waals surface area (Å²) in [6.45, 7) is 5.45.